The number of aryl methyl sites for hydroxylation is 1. The summed E-state index contributed by atoms with van der Waals surface area (Å²) in [5, 5.41) is 17.0. The molecule has 1 fully saturated rings. The minimum absolute atomic E-state index is 0.0965. The molecule has 3 amide bonds. The molecular formula is C29H35N3O4S. The highest BCUT2D eigenvalue weighted by Crippen LogP contribution is 2.40. The Bertz CT molecular complexity index is 1150. The van der Waals surface area contributed by atoms with Crippen molar-refractivity contribution in [2.45, 2.75) is 69.5 Å². The van der Waals surface area contributed by atoms with Gasteiger partial charge in [0.25, 0.3) is 5.91 Å². The number of nitrogens with one attached hydrogen (secondary N) is 2. The maximum Gasteiger partial charge on any atom is 0.254 e. The van der Waals surface area contributed by atoms with E-state index in [1.165, 1.54) is 16.7 Å². The lowest BCUT2D eigenvalue weighted by Gasteiger charge is -2.33. The van der Waals surface area contributed by atoms with E-state index in [0.717, 1.165) is 16.7 Å². The highest BCUT2D eigenvalue weighted by atomic mass is 32.2. The van der Waals surface area contributed by atoms with Crippen LogP contribution < -0.4 is 10.6 Å². The Hall–Kier alpha value is -3.28. The maximum absolute atomic E-state index is 13.6. The van der Waals surface area contributed by atoms with Crippen molar-refractivity contribution in [1.82, 2.24) is 15.5 Å². The van der Waals surface area contributed by atoms with Crippen molar-refractivity contribution in [3.8, 4) is 12.3 Å². The van der Waals surface area contributed by atoms with Gasteiger partial charge in [0.2, 0.25) is 11.8 Å². The molecule has 37 heavy (non-hydrogen) atoms. The van der Waals surface area contributed by atoms with Gasteiger partial charge in [0, 0.05) is 24.1 Å². The van der Waals surface area contributed by atoms with Crippen LogP contribution in [-0.4, -0.2) is 56.5 Å². The van der Waals surface area contributed by atoms with Gasteiger partial charge in [-0.3, -0.25) is 14.4 Å². The lowest BCUT2D eigenvalue weighted by Crippen LogP contribution is -2.58. The summed E-state index contributed by atoms with van der Waals surface area (Å²) in [6.07, 6.45) is 4.36. The summed E-state index contributed by atoms with van der Waals surface area (Å²) in [4.78, 5) is 40.8. The van der Waals surface area contributed by atoms with Crippen LogP contribution in [0.5, 0.6) is 0 Å². The molecule has 3 atom stereocenters. The second-order valence-electron chi connectivity index (χ2n) is 9.74. The summed E-state index contributed by atoms with van der Waals surface area (Å²) < 4.78 is -0.559. The highest BCUT2D eigenvalue weighted by Gasteiger charge is 2.49. The molecule has 3 unspecified atom stereocenters. The molecule has 196 valence electrons. The second kappa shape index (κ2) is 12.8. The number of hydrogen-bond acceptors (Lipinski definition) is 5. The number of amides is 3. The molecule has 0 spiro atoms. The first-order valence-electron chi connectivity index (χ1n) is 12.4. The SMILES string of the molecule is C#CCCC(=O)NC(Cc1ccccc1)C(O)C(=O)N1CSC(C)(C)C1C(=O)NCc1ccccc1C. The molecule has 2 aromatic rings. The minimum atomic E-state index is -1.53. The van der Waals surface area contributed by atoms with Crippen LogP contribution >= 0.6 is 11.8 Å². The van der Waals surface area contributed by atoms with E-state index in [-0.39, 0.29) is 37.0 Å². The molecule has 3 N–H and O–H groups in total. The van der Waals surface area contributed by atoms with Crippen molar-refractivity contribution in [3.05, 3.63) is 71.3 Å². The molecule has 3 rings (SSSR count). The first kappa shape index (κ1) is 28.3. The fourth-order valence-electron chi connectivity index (χ4n) is 4.42. The van der Waals surface area contributed by atoms with E-state index in [9.17, 15) is 19.5 Å². The monoisotopic (exact) mass is 521 g/mol. The van der Waals surface area contributed by atoms with Gasteiger partial charge >= 0.3 is 0 Å². The largest absolute Gasteiger partial charge is 0.381 e. The van der Waals surface area contributed by atoms with Crippen LogP contribution in [0.1, 0.15) is 43.4 Å². The van der Waals surface area contributed by atoms with E-state index >= 15 is 0 Å². The first-order valence-corrected chi connectivity index (χ1v) is 13.3. The molecule has 1 saturated heterocycles. The van der Waals surface area contributed by atoms with Gasteiger partial charge in [-0.2, -0.15) is 0 Å². The molecule has 0 aromatic heterocycles. The zero-order chi connectivity index (χ0) is 27.0. The Labute approximate surface area is 223 Å². The Balaban J connectivity index is 1.77. The summed E-state index contributed by atoms with van der Waals surface area (Å²) in [6, 6.07) is 15.5. The molecule has 0 saturated carbocycles. The van der Waals surface area contributed by atoms with Crippen LogP contribution in [0, 0.1) is 19.3 Å². The van der Waals surface area contributed by atoms with Gasteiger partial charge in [-0.25, -0.2) is 0 Å². The van der Waals surface area contributed by atoms with Crippen molar-refractivity contribution in [2.24, 2.45) is 0 Å². The molecule has 1 heterocycles. The number of thioether (sulfide) groups is 1. The summed E-state index contributed by atoms with van der Waals surface area (Å²) >= 11 is 1.48. The summed E-state index contributed by atoms with van der Waals surface area (Å²) in [7, 11) is 0. The van der Waals surface area contributed by atoms with Gasteiger partial charge in [0.1, 0.15) is 6.04 Å². The van der Waals surface area contributed by atoms with Crippen LogP contribution in [0.25, 0.3) is 0 Å². The van der Waals surface area contributed by atoms with Crippen LogP contribution in [0.15, 0.2) is 54.6 Å². The van der Waals surface area contributed by atoms with E-state index < -0.39 is 28.8 Å². The number of benzene rings is 2. The fraction of sp³-hybridized carbons (Fsp3) is 0.414. The van der Waals surface area contributed by atoms with E-state index in [1.54, 1.807) is 0 Å². The van der Waals surface area contributed by atoms with Gasteiger partial charge in [0.05, 0.1) is 11.9 Å². The molecule has 7 nitrogen and oxygen atoms in total. The summed E-state index contributed by atoms with van der Waals surface area (Å²) in [5.74, 6) is 1.48. The number of terminal acetylenes is 1. The van der Waals surface area contributed by atoms with Crippen LogP contribution in [0.4, 0.5) is 0 Å². The normalized spacial score (nSPS) is 17.9. The third kappa shape index (κ3) is 7.37. The van der Waals surface area contributed by atoms with Crippen molar-refractivity contribution in [1.29, 1.82) is 0 Å². The number of carbonyl (C=O) groups is 3. The molecule has 0 radical (unpaired) electrons. The lowest BCUT2D eigenvalue weighted by molar-refractivity contribution is -0.147. The topological polar surface area (TPSA) is 98.7 Å². The van der Waals surface area contributed by atoms with Gasteiger partial charge in [-0.1, -0.05) is 54.6 Å². The van der Waals surface area contributed by atoms with Crippen molar-refractivity contribution in [3.63, 3.8) is 0 Å². The Morgan fingerprint density at radius 3 is 2.51 bits per heavy atom. The predicted molar refractivity (Wildman–Crippen MR) is 146 cm³/mol. The molecule has 0 aliphatic carbocycles. The van der Waals surface area contributed by atoms with Gasteiger partial charge < -0.3 is 20.6 Å². The Kier molecular flexibility index (Phi) is 9.79. The average molecular weight is 522 g/mol. The van der Waals surface area contributed by atoms with Crippen molar-refractivity contribution < 1.29 is 19.5 Å². The van der Waals surface area contributed by atoms with E-state index in [1.807, 2.05) is 75.4 Å². The average Bonchev–Trinajstić information content (AvgIpc) is 3.21. The van der Waals surface area contributed by atoms with Crippen LogP contribution in [0.3, 0.4) is 0 Å². The number of aliphatic hydroxyl groups is 1. The zero-order valence-corrected chi connectivity index (χ0v) is 22.4. The van der Waals surface area contributed by atoms with E-state index in [2.05, 4.69) is 16.6 Å². The van der Waals surface area contributed by atoms with Crippen molar-refractivity contribution >= 4 is 29.5 Å². The molecule has 1 aliphatic heterocycles. The molecular weight excluding hydrogens is 486 g/mol. The number of hydrogen-bond donors (Lipinski definition) is 3. The zero-order valence-electron chi connectivity index (χ0n) is 21.6. The quantitative estimate of drug-likeness (QED) is 0.418. The predicted octanol–water partition coefficient (Wildman–Crippen LogP) is 2.79. The molecule has 0 bridgehead atoms. The summed E-state index contributed by atoms with van der Waals surface area (Å²) in [5.41, 5.74) is 2.92. The standard InChI is InChI=1S/C29H35N3O4S/c1-5-6-16-24(33)31-23(17-21-13-8-7-9-14-21)25(34)28(36)32-19-37-29(3,4)26(32)27(35)30-18-22-15-11-10-12-20(22)2/h1,7-15,23,25-26,34H,6,16-19H2,2-4H3,(H,30,35)(H,31,33). The third-order valence-corrected chi connectivity index (χ3v) is 7.94. The number of carbonyl (C=O) groups excluding carboxylic acids is 3. The van der Waals surface area contributed by atoms with Gasteiger partial charge in [-0.15, -0.1) is 24.1 Å². The molecule has 1 aliphatic rings. The summed E-state index contributed by atoms with van der Waals surface area (Å²) in [6.45, 7) is 6.15. The van der Waals surface area contributed by atoms with E-state index in [0.29, 0.717) is 6.54 Å². The fourth-order valence-corrected chi connectivity index (χ4v) is 5.56. The second-order valence-corrected chi connectivity index (χ2v) is 11.3. The third-order valence-electron chi connectivity index (χ3n) is 6.57. The molecule has 8 heteroatoms. The smallest absolute Gasteiger partial charge is 0.254 e. The Morgan fingerprint density at radius 1 is 1.16 bits per heavy atom. The molecule has 2 aromatic carbocycles. The van der Waals surface area contributed by atoms with E-state index in [4.69, 9.17) is 6.42 Å². The maximum atomic E-state index is 13.6. The lowest BCUT2D eigenvalue weighted by atomic mass is 9.97. The Morgan fingerprint density at radius 2 is 1.84 bits per heavy atom. The van der Waals surface area contributed by atoms with Crippen LogP contribution in [-0.2, 0) is 27.3 Å². The van der Waals surface area contributed by atoms with Gasteiger partial charge in [-0.05, 0) is 43.9 Å². The number of rotatable bonds is 10. The number of nitrogens with zero attached hydrogens (tertiary/aromatic N) is 1. The minimum Gasteiger partial charge on any atom is -0.381 e. The van der Waals surface area contributed by atoms with Crippen LogP contribution in [0.2, 0.25) is 0 Å². The number of aliphatic hydroxyl groups excluding tert-OH is 1. The first-order chi connectivity index (χ1) is 17.6. The van der Waals surface area contributed by atoms with Crippen molar-refractivity contribution in [2.75, 3.05) is 5.88 Å². The highest BCUT2D eigenvalue weighted by molar-refractivity contribution is 8.00. The van der Waals surface area contributed by atoms with Gasteiger partial charge in [0.15, 0.2) is 6.10 Å².